The van der Waals surface area contributed by atoms with Gasteiger partial charge in [0, 0.05) is 12.0 Å². The van der Waals surface area contributed by atoms with Gasteiger partial charge in [-0.15, -0.1) is 0 Å². The molecule has 258 valence electrons. The molecule has 1 amide bonds. The van der Waals surface area contributed by atoms with E-state index >= 15 is 0 Å². The Morgan fingerprint density at radius 1 is 0.915 bits per heavy atom. The van der Waals surface area contributed by atoms with Crippen molar-refractivity contribution in [3.63, 3.8) is 0 Å². The molecule has 0 saturated heterocycles. The van der Waals surface area contributed by atoms with Crippen molar-refractivity contribution in [3.05, 3.63) is 53.6 Å². The number of benzene rings is 1. The third-order valence-electron chi connectivity index (χ3n) is 15.5. The lowest BCUT2D eigenvalue weighted by atomic mass is 9.33. The SMILES string of the molecule is C=C(C)[C@@H]1CC[C@]2(NC(=O)CCCN(C)C)CC[C@]3(C)[C@H](CC[C@@H]4[C@@]5(C)CC=C(c6ccc(C(=O)O)cc6)C(C)(C)[C@@H]5CC[C@]43C)[C@@H]12. The van der Waals surface area contributed by atoms with E-state index in [4.69, 9.17) is 0 Å². The summed E-state index contributed by atoms with van der Waals surface area (Å²) >= 11 is 0. The second-order valence-corrected chi connectivity index (χ2v) is 18.2. The summed E-state index contributed by atoms with van der Waals surface area (Å²) in [6, 6.07) is 7.57. The number of allylic oxidation sites excluding steroid dienone is 3. The molecule has 4 fully saturated rings. The van der Waals surface area contributed by atoms with Gasteiger partial charge in [-0.1, -0.05) is 65.0 Å². The first kappa shape index (κ1) is 34.5. The third-order valence-corrected chi connectivity index (χ3v) is 15.5. The van der Waals surface area contributed by atoms with E-state index in [1.807, 2.05) is 12.1 Å². The van der Waals surface area contributed by atoms with Gasteiger partial charge in [-0.3, -0.25) is 4.79 Å². The summed E-state index contributed by atoms with van der Waals surface area (Å²) in [4.78, 5) is 27.2. The molecule has 1 aromatic carbocycles. The van der Waals surface area contributed by atoms with Crippen molar-refractivity contribution >= 4 is 17.4 Å². The number of nitrogens with zero attached hydrogens (tertiary/aromatic N) is 1. The van der Waals surface area contributed by atoms with Crippen LogP contribution < -0.4 is 5.32 Å². The zero-order chi connectivity index (χ0) is 34.2. The highest BCUT2D eigenvalue weighted by molar-refractivity contribution is 5.88. The molecule has 2 N–H and O–H groups in total. The van der Waals surface area contributed by atoms with Gasteiger partial charge in [0.15, 0.2) is 0 Å². The molecule has 9 atom stereocenters. The normalized spacial score (nSPS) is 40.4. The Labute approximate surface area is 285 Å². The number of carbonyl (C=O) groups is 2. The number of aromatic carboxylic acids is 1. The number of rotatable bonds is 8. The van der Waals surface area contributed by atoms with Gasteiger partial charge in [0.1, 0.15) is 0 Å². The number of nitrogens with one attached hydrogen (secondary N) is 1. The maximum atomic E-state index is 13.5. The largest absolute Gasteiger partial charge is 0.478 e. The van der Waals surface area contributed by atoms with E-state index < -0.39 is 5.97 Å². The first-order valence-electron chi connectivity index (χ1n) is 18.7. The molecule has 0 aromatic heterocycles. The van der Waals surface area contributed by atoms with Gasteiger partial charge in [-0.2, -0.15) is 0 Å². The summed E-state index contributed by atoms with van der Waals surface area (Å²) in [5.41, 5.74) is 4.83. The van der Waals surface area contributed by atoms with Crippen molar-refractivity contribution < 1.29 is 14.7 Å². The van der Waals surface area contributed by atoms with E-state index in [0.29, 0.717) is 41.6 Å². The lowest BCUT2D eigenvalue weighted by Gasteiger charge is -2.72. The van der Waals surface area contributed by atoms with E-state index in [1.54, 1.807) is 12.1 Å². The molecule has 0 aliphatic heterocycles. The number of carbonyl (C=O) groups excluding carboxylic acids is 1. The van der Waals surface area contributed by atoms with Crippen molar-refractivity contribution in [1.29, 1.82) is 0 Å². The van der Waals surface area contributed by atoms with Gasteiger partial charge in [0.05, 0.1) is 5.56 Å². The van der Waals surface area contributed by atoms with E-state index in [0.717, 1.165) is 38.6 Å². The highest BCUT2D eigenvalue weighted by Crippen LogP contribution is 2.76. The van der Waals surface area contributed by atoms with E-state index in [2.05, 4.69) is 78.5 Å². The van der Waals surface area contributed by atoms with Crippen LogP contribution in [0.15, 0.2) is 42.5 Å². The van der Waals surface area contributed by atoms with Gasteiger partial charge < -0.3 is 15.3 Å². The zero-order valence-electron chi connectivity index (χ0n) is 30.7. The standard InChI is InChI=1S/C42H62N2O3/c1-27(2)30-18-23-42(43-35(45)11-10-26-44(8)9)25-24-40(6)32(36(30)42)16-17-34-39(5)21-19-31(28-12-14-29(15-13-28)37(46)47)38(3,4)33(39)20-22-41(34,40)7/h12-15,19,30,32-34,36H,1,10-11,16-18,20-26H2,2-9H3,(H,43,45)(H,46,47)/t30-,32+,33-,34+,36+,39-,40+,41+,42-/m0/s1. The first-order valence-corrected chi connectivity index (χ1v) is 18.7. The van der Waals surface area contributed by atoms with Crippen LogP contribution in [0.3, 0.4) is 0 Å². The molecule has 0 heterocycles. The molecule has 1 aromatic rings. The number of carboxylic acid groups (broad SMARTS) is 1. The highest BCUT2D eigenvalue weighted by atomic mass is 16.4. The minimum Gasteiger partial charge on any atom is -0.478 e. The number of hydrogen-bond donors (Lipinski definition) is 2. The molecule has 5 aliphatic carbocycles. The number of fused-ring (bicyclic) bond motifs is 7. The van der Waals surface area contributed by atoms with Crippen molar-refractivity contribution in [2.45, 2.75) is 118 Å². The summed E-state index contributed by atoms with van der Waals surface area (Å²) in [6.45, 7) is 20.6. The monoisotopic (exact) mass is 642 g/mol. The second-order valence-electron chi connectivity index (χ2n) is 18.2. The molecule has 0 unspecified atom stereocenters. The fraction of sp³-hybridized carbons (Fsp3) is 0.714. The fourth-order valence-corrected chi connectivity index (χ4v) is 13.2. The van der Waals surface area contributed by atoms with Gasteiger partial charge in [0.25, 0.3) is 0 Å². The number of hydrogen-bond acceptors (Lipinski definition) is 3. The van der Waals surface area contributed by atoms with Gasteiger partial charge in [-0.25, -0.2) is 4.79 Å². The summed E-state index contributed by atoms with van der Waals surface area (Å²) < 4.78 is 0. The fourth-order valence-electron chi connectivity index (χ4n) is 13.2. The van der Waals surface area contributed by atoms with Crippen LogP contribution in [-0.4, -0.2) is 48.1 Å². The van der Waals surface area contributed by atoms with E-state index in [9.17, 15) is 14.7 Å². The number of amides is 1. The Morgan fingerprint density at radius 3 is 2.26 bits per heavy atom. The van der Waals surface area contributed by atoms with E-state index in [1.165, 1.54) is 48.8 Å². The Balaban J connectivity index is 1.30. The first-order chi connectivity index (χ1) is 22.0. The molecule has 5 nitrogen and oxygen atoms in total. The van der Waals surface area contributed by atoms with Crippen LogP contribution in [-0.2, 0) is 4.79 Å². The van der Waals surface area contributed by atoms with Crippen molar-refractivity contribution in [2.24, 2.45) is 51.2 Å². The van der Waals surface area contributed by atoms with Crippen LogP contribution in [0.2, 0.25) is 0 Å². The van der Waals surface area contributed by atoms with Crippen LogP contribution >= 0.6 is 0 Å². The predicted molar refractivity (Wildman–Crippen MR) is 192 cm³/mol. The molecule has 0 radical (unpaired) electrons. The Bertz CT molecular complexity index is 1440. The third kappa shape index (κ3) is 5.27. The Hall–Kier alpha value is -2.40. The summed E-state index contributed by atoms with van der Waals surface area (Å²) in [6.07, 6.45) is 14.7. The summed E-state index contributed by atoms with van der Waals surface area (Å²) in [7, 11) is 4.16. The maximum absolute atomic E-state index is 13.5. The Morgan fingerprint density at radius 2 is 1.62 bits per heavy atom. The van der Waals surface area contributed by atoms with Gasteiger partial charge >= 0.3 is 5.97 Å². The van der Waals surface area contributed by atoms with Crippen LogP contribution in [0.4, 0.5) is 0 Å². The lowest BCUT2D eigenvalue weighted by molar-refractivity contribution is -0.219. The molecule has 0 spiro atoms. The van der Waals surface area contributed by atoms with Gasteiger partial charge in [-0.05, 0) is 166 Å². The Kier molecular flexibility index (Phi) is 8.71. The van der Waals surface area contributed by atoms with Gasteiger partial charge in [0.2, 0.25) is 5.91 Å². The highest BCUT2D eigenvalue weighted by Gasteiger charge is 2.70. The topological polar surface area (TPSA) is 69.6 Å². The van der Waals surface area contributed by atoms with Crippen molar-refractivity contribution in [3.8, 4) is 0 Å². The minimum absolute atomic E-state index is 0.00586. The summed E-state index contributed by atoms with van der Waals surface area (Å²) in [5.74, 6) is 2.17. The molecule has 47 heavy (non-hydrogen) atoms. The second kappa shape index (κ2) is 11.9. The average molecular weight is 643 g/mol. The molecule has 4 saturated carbocycles. The molecule has 5 heteroatoms. The van der Waals surface area contributed by atoms with Crippen LogP contribution in [0.25, 0.3) is 5.57 Å². The number of carboxylic acids is 1. The minimum atomic E-state index is -0.869. The van der Waals surface area contributed by atoms with Crippen LogP contribution in [0.1, 0.15) is 128 Å². The zero-order valence-corrected chi connectivity index (χ0v) is 30.7. The van der Waals surface area contributed by atoms with Crippen molar-refractivity contribution in [2.75, 3.05) is 20.6 Å². The molecule has 5 aliphatic rings. The maximum Gasteiger partial charge on any atom is 0.335 e. The molecule has 0 bridgehead atoms. The smallest absolute Gasteiger partial charge is 0.335 e. The summed E-state index contributed by atoms with van der Waals surface area (Å²) in [5, 5.41) is 13.2. The van der Waals surface area contributed by atoms with Crippen LogP contribution in [0.5, 0.6) is 0 Å². The average Bonchev–Trinajstić information content (AvgIpc) is 3.36. The van der Waals surface area contributed by atoms with Crippen LogP contribution in [0, 0.1) is 51.2 Å². The molecule has 6 rings (SSSR count). The lowest BCUT2D eigenvalue weighted by Crippen LogP contribution is -2.68. The predicted octanol–water partition coefficient (Wildman–Crippen LogP) is 9.25. The molecular weight excluding hydrogens is 580 g/mol. The van der Waals surface area contributed by atoms with Crippen molar-refractivity contribution in [1.82, 2.24) is 10.2 Å². The molecular formula is C42H62N2O3. The van der Waals surface area contributed by atoms with E-state index in [-0.39, 0.29) is 33.1 Å². The quantitative estimate of drug-likeness (QED) is 0.277.